The lowest BCUT2D eigenvalue weighted by Crippen LogP contribution is -2.63. The monoisotopic (exact) mass is 1410 g/mol. The van der Waals surface area contributed by atoms with Gasteiger partial charge in [-0.05, 0) is 112 Å². The van der Waals surface area contributed by atoms with Crippen molar-refractivity contribution in [2.45, 2.75) is 162 Å². The maximum atomic E-state index is 14.7. The second-order valence-corrected chi connectivity index (χ2v) is 27.5. The summed E-state index contributed by atoms with van der Waals surface area (Å²) in [5.74, 6) is 2.46. The standard InChI is InChI=1S/C72H134N2O24/c1-55(2)10-9-11-57(5)61-14-15-62-60-13-12-58-52-59(16-18-71(58,6)63(60)17-19-72(61,62)7)74(70(81)68(79)67(78)66(77)65(76)53-75)64(69(80)73-56(3)4)54-98-51-50-97-49-48-96-47-46-95-45-44-94-43-42-93-41-40-92-39-38-91-37-36-90-35-34-89-33-32-88-31-30-87-29-28-86-27-26-85-25-24-84-23-22-83-21-20-82-8/h12,55-57,59-68,75-79H,9-11,13-54H2,1-8H3,(H,73,80)/t57-,59?,60+,61-,62+,63+,64?,65-,66-,67+,68-,71+,72-/m1/s1. The summed E-state index contributed by atoms with van der Waals surface area (Å²) in [6.45, 7) is 28.7. The number of fused-ring (bicyclic) bond motifs is 5. The zero-order valence-electron chi connectivity index (χ0n) is 61.3. The molecule has 0 radical (unpaired) electrons. The number of ether oxygens (including phenoxy) is 17. The number of carbonyl (C=O) groups excluding carboxylic acids is 2. The maximum Gasteiger partial charge on any atom is 0.255 e. The minimum atomic E-state index is -2.21. The molecular weight excluding hydrogens is 1280 g/mol. The molecule has 3 saturated carbocycles. The van der Waals surface area contributed by atoms with Gasteiger partial charge in [-0.3, -0.25) is 9.59 Å². The third-order valence-corrected chi connectivity index (χ3v) is 19.8. The molecule has 4 aliphatic rings. The fourth-order valence-corrected chi connectivity index (χ4v) is 14.6. The van der Waals surface area contributed by atoms with Crippen molar-refractivity contribution in [3.05, 3.63) is 11.6 Å². The second kappa shape index (κ2) is 53.6. The predicted octanol–water partition coefficient (Wildman–Crippen LogP) is 4.47. The van der Waals surface area contributed by atoms with Crippen LogP contribution in [0.5, 0.6) is 0 Å². The quantitative estimate of drug-likeness (QED) is 0.0362. The lowest BCUT2D eigenvalue weighted by Gasteiger charge is -2.59. The van der Waals surface area contributed by atoms with Crippen LogP contribution < -0.4 is 5.32 Å². The summed E-state index contributed by atoms with van der Waals surface area (Å²) in [5.41, 5.74) is 1.50. The number of rotatable bonds is 64. The van der Waals surface area contributed by atoms with E-state index in [4.69, 9.17) is 80.5 Å². The molecule has 0 aromatic carbocycles. The van der Waals surface area contributed by atoms with Crippen LogP contribution in [-0.4, -0.2) is 317 Å². The molecule has 0 heterocycles. The summed E-state index contributed by atoms with van der Waals surface area (Å²) in [4.78, 5) is 30.3. The van der Waals surface area contributed by atoms with Gasteiger partial charge in [-0.2, -0.15) is 0 Å². The SMILES string of the molecule is COCCOCCOCCOCCOCCOCCOCCOCCOCCOCCOCCOCCOCCOCCOCCOCCOCC(C(=O)NC(C)C)N(C(=O)[C@H](O)[C@@H](O)[C@H](O)[C@H](O)CO)C1CC[C@@]2(C)C(=CC[C@H]3[C@@H]4CC[C@H]([C@H](C)CCCC(C)C)[C@@]4(C)CC[C@@H]32)C1. The molecule has 4 aliphatic carbocycles. The smallest absolute Gasteiger partial charge is 0.255 e. The topological polar surface area (TPSA) is 307 Å². The van der Waals surface area contributed by atoms with Gasteiger partial charge in [-0.25, -0.2) is 0 Å². The Labute approximate surface area is 586 Å². The van der Waals surface area contributed by atoms with E-state index in [0.717, 1.165) is 31.1 Å². The van der Waals surface area contributed by atoms with Crippen molar-refractivity contribution in [1.29, 1.82) is 0 Å². The summed E-state index contributed by atoms with van der Waals surface area (Å²) in [7, 11) is 1.64. The Kier molecular flexibility index (Phi) is 48.2. The fourth-order valence-electron chi connectivity index (χ4n) is 14.6. The fraction of sp³-hybridized carbons (Fsp3) is 0.944. The second-order valence-electron chi connectivity index (χ2n) is 27.5. The van der Waals surface area contributed by atoms with Gasteiger partial charge < -0.3 is 116 Å². The van der Waals surface area contributed by atoms with Crippen LogP contribution in [0.25, 0.3) is 0 Å². The lowest BCUT2D eigenvalue weighted by atomic mass is 9.46. The van der Waals surface area contributed by atoms with E-state index < -0.39 is 54.9 Å². The highest BCUT2D eigenvalue weighted by molar-refractivity contribution is 5.90. The van der Waals surface area contributed by atoms with Gasteiger partial charge in [0.25, 0.3) is 5.91 Å². The van der Waals surface area contributed by atoms with Crippen LogP contribution >= 0.6 is 0 Å². The van der Waals surface area contributed by atoms with Gasteiger partial charge >= 0.3 is 0 Å². The number of methoxy groups -OCH3 is 1. The van der Waals surface area contributed by atoms with E-state index in [1.807, 2.05) is 13.8 Å². The molecule has 0 bridgehead atoms. The average Bonchev–Trinajstić information content (AvgIpc) is 1.37. The first-order chi connectivity index (χ1) is 47.5. The summed E-state index contributed by atoms with van der Waals surface area (Å²) in [6.07, 6.45) is 5.80. The molecular formula is C72H134N2O24. The highest BCUT2D eigenvalue weighted by Crippen LogP contribution is 2.67. The summed E-state index contributed by atoms with van der Waals surface area (Å²) >= 11 is 0. The Morgan fingerprint density at radius 2 is 0.908 bits per heavy atom. The molecule has 576 valence electrons. The van der Waals surface area contributed by atoms with Crippen molar-refractivity contribution in [2.24, 2.45) is 46.3 Å². The number of carbonyl (C=O) groups is 2. The highest BCUT2D eigenvalue weighted by atomic mass is 16.6. The molecule has 0 aromatic rings. The Balaban J connectivity index is 0.989. The molecule has 3 fully saturated rings. The first-order valence-electron chi connectivity index (χ1n) is 36.9. The Morgan fingerprint density at radius 1 is 0.510 bits per heavy atom. The van der Waals surface area contributed by atoms with Gasteiger partial charge in [0.05, 0.1) is 225 Å². The van der Waals surface area contributed by atoms with Crippen molar-refractivity contribution >= 4 is 11.8 Å². The number of amides is 2. The van der Waals surface area contributed by atoms with Gasteiger partial charge in [0, 0.05) is 19.2 Å². The summed E-state index contributed by atoms with van der Waals surface area (Å²) < 4.78 is 94.1. The molecule has 0 spiro atoms. The molecule has 6 N–H and O–H groups in total. The predicted molar refractivity (Wildman–Crippen MR) is 367 cm³/mol. The van der Waals surface area contributed by atoms with Gasteiger partial charge in [0.1, 0.15) is 24.4 Å². The third-order valence-electron chi connectivity index (χ3n) is 19.8. The van der Waals surface area contributed by atoms with Crippen LogP contribution in [0.4, 0.5) is 0 Å². The van der Waals surface area contributed by atoms with E-state index in [1.54, 1.807) is 7.11 Å². The molecule has 26 heteroatoms. The summed E-state index contributed by atoms with van der Waals surface area (Å²) in [5, 5.41) is 55.9. The van der Waals surface area contributed by atoms with Crippen LogP contribution in [0.2, 0.25) is 0 Å². The van der Waals surface area contributed by atoms with Gasteiger partial charge in [0.2, 0.25) is 5.91 Å². The molecule has 2 unspecified atom stereocenters. The minimum absolute atomic E-state index is 0.0869. The normalized spacial score (nSPS) is 23.5. The van der Waals surface area contributed by atoms with E-state index >= 15 is 0 Å². The first-order valence-corrected chi connectivity index (χ1v) is 36.9. The largest absolute Gasteiger partial charge is 0.394 e. The van der Waals surface area contributed by atoms with Crippen molar-refractivity contribution in [2.75, 3.05) is 232 Å². The molecule has 26 nitrogen and oxygen atoms in total. The van der Waals surface area contributed by atoms with E-state index in [0.29, 0.717) is 234 Å². The summed E-state index contributed by atoms with van der Waals surface area (Å²) in [6, 6.07) is -2.06. The molecule has 4 rings (SSSR count). The van der Waals surface area contributed by atoms with E-state index in [9.17, 15) is 35.1 Å². The Hall–Kier alpha value is -2.20. The van der Waals surface area contributed by atoms with E-state index in [1.165, 1.54) is 49.0 Å². The Morgan fingerprint density at radius 3 is 1.29 bits per heavy atom. The molecule has 13 atom stereocenters. The van der Waals surface area contributed by atoms with Crippen LogP contribution in [0.3, 0.4) is 0 Å². The number of nitrogens with one attached hydrogen (secondary N) is 1. The van der Waals surface area contributed by atoms with Crippen LogP contribution in [-0.2, 0) is 90.1 Å². The molecule has 0 aromatic heterocycles. The number of allylic oxidation sites excluding steroid dienone is 1. The van der Waals surface area contributed by atoms with Crippen LogP contribution in [0.1, 0.15) is 119 Å². The third kappa shape index (κ3) is 33.7. The molecule has 98 heavy (non-hydrogen) atoms. The van der Waals surface area contributed by atoms with Crippen molar-refractivity contribution in [3.8, 4) is 0 Å². The average molecular weight is 1410 g/mol. The van der Waals surface area contributed by atoms with E-state index in [-0.39, 0.29) is 37.9 Å². The molecule has 0 aliphatic heterocycles. The zero-order valence-corrected chi connectivity index (χ0v) is 61.3. The first kappa shape index (κ1) is 88.2. The lowest BCUT2D eigenvalue weighted by molar-refractivity contribution is -0.168. The van der Waals surface area contributed by atoms with Crippen molar-refractivity contribution in [3.63, 3.8) is 0 Å². The number of aliphatic hydroxyl groups excluding tert-OH is 5. The number of hydrogen-bond donors (Lipinski definition) is 6. The highest BCUT2D eigenvalue weighted by Gasteiger charge is 2.60. The van der Waals surface area contributed by atoms with E-state index in [2.05, 4.69) is 46.0 Å². The van der Waals surface area contributed by atoms with Crippen molar-refractivity contribution in [1.82, 2.24) is 10.2 Å². The van der Waals surface area contributed by atoms with Crippen LogP contribution in [0, 0.1) is 46.3 Å². The maximum absolute atomic E-state index is 14.7. The van der Waals surface area contributed by atoms with Gasteiger partial charge in [-0.1, -0.05) is 65.5 Å². The number of hydrogen-bond acceptors (Lipinski definition) is 24. The van der Waals surface area contributed by atoms with Crippen LogP contribution in [0.15, 0.2) is 11.6 Å². The van der Waals surface area contributed by atoms with Gasteiger partial charge in [-0.15, -0.1) is 0 Å². The van der Waals surface area contributed by atoms with Gasteiger partial charge in [0.15, 0.2) is 6.10 Å². The molecule has 0 saturated heterocycles. The number of nitrogens with zero attached hydrogens (tertiary/aromatic N) is 1. The molecule has 2 amide bonds. The van der Waals surface area contributed by atoms with Crippen molar-refractivity contribution < 1.29 is 116 Å². The minimum Gasteiger partial charge on any atom is -0.394 e. The number of aliphatic hydroxyl groups is 5. The zero-order chi connectivity index (χ0) is 71.1. The Bertz CT molecular complexity index is 2020.